The van der Waals surface area contributed by atoms with Crippen molar-refractivity contribution in [1.29, 1.82) is 0 Å². The molecule has 116 valence electrons. The van der Waals surface area contributed by atoms with E-state index in [1.165, 1.54) is 12.5 Å². The Morgan fingerprint density at radius 1 is 1.38 bits per heavy atom. The second kappa shape index (κ2) is 6.74. The van der Waals surface area contributed by atoms with E-state index in [-0.39, 0.29) is 10.6 Å². The third-order valence-corrected chi connectivity index (χ3v) is 3.76. The average molecular weight is 292 g/mol. The third kappa shape index (κ3) is 4.06. The lowest BCUT2D eigenvalue weighted by atomic mass is 9.92. The molecular formula is C15H24N4O2. The van der Waals surface area contributed by atoms with Crippen LogP contribution in [0.3, 0.4) is 0 Å². The molecule has 0 radical (unpaired) electrons. The van der Waals surface area contributed by atoms with Crippen molar-refractivity contribution < 1.29 is 4.92 Å². The molecule has 0 saturated carbocycles. The zero-order chi connectivity index (χ0) is 15.4. The summed E-state index contributed by atoms with van der Waals surface area (Å²) in [5.41, 5.74) is 0.101. The van der Waals surface area contributed by atoms with Crippen molar-refractivity contribution in [3.8, 4) is 0 Å². The minimum absolute atomic E-state index is 0.101. The standard InChI is InChI=1S/C15H24N4O2/c1-4-5-16-14-7-13(19(20)21)8-15(17-14)18-9-11(2)6-12(3)10-18/h7-8,11-12H,4-6,9-10H2,1-3H3,(H,16,17). The summed E-state index contributed by atoms with van der Waals surface area (Å²) in [6.07, 6.45) is 2.16. The number of aromatic nitrogens is 1. The van der Waals surface area contributed by atoms with Crippen LogP contribution in [-0.2, 0) is 0 Å². The molecule has 1 fully saturated rings. The summed E-state index contributed by atoms with van der Waals surface area (Å²) in [7, 11) is 0. The SMILES string of the molecule is CCCNc1cc([N+](=O)[O-])cc(N2CC(C)CC(C)C2)n1. The molecular weight excluding hydrogens is 268 g/mol. The van der Waals surface area contributed by atoms with Gasteiger partial charge in [0.25, 0.3) is 5.69 Å². The predicted molar refractivity (Wildman–Crippen MR) is 84.8 cm³/mol. The van der Waals surface area contributed by atoms with Gasteiger partial charge in [-0.1, -0.05) is 20.8 Å². The van der Waals surface area contributed by atoms with E-state index in [2.05, 4.69) is 36.0 Å². The minimum atomic E-state index is -0.348. The van der Waals surface area contributed by atoms with Crippen LogP contribution in [0.25, 0.3) is 0 Å². The van der Waals surface area contributed by atoms with Gasteiger partial charge in [-0.3, -0.25) is 10.1 Å². The number of pyridine rings is 1. The van der Waals surface area contributed by atoms with Crippen molar-refractivity contribution in [2.45, 2.75) is 33.6 Å². The number of anilines is 2. The number of nitrogens with zero attached hydrogens (tertiary/aromatic N) is 3. The Bertz CT molecular complexity index is 496. The zero-order valence-electron chi connectivity index (χ0n) is 13.0. The van der Waals surface area contributed by atoms with Gasteiger partial charge in [-0.25, -0.2) is 4.98 Å². The fourth-order valence-electron chi connectivity index (χ4n) is 2.96. The summed E-state index contributed by atoms with van der Waals surface area (Å²) < 4.78 is 0. The Kier molecular flexibility index (Phi) is 4.98. The van der Waals surface area contributed by atoms with Gasteiger partial charge in [-0.05, 0) is 24.7 Å². The van der Waals surface area contributed by atoms with E-state index in [0.29, 0.717) is 23.5 Å². The van der Waals surface area contributed by atoms with Gasteiger partial charge in [0, 0.05) is 19.6 Å². The van der Waals surface area contributed by atoms with Gasteiger partial charge < -0.3 is 10.2 Å². The molecule has 0 aromatic carbocycles. The fourth-order valence-corrected chi connectivity index (χ4v) is 2.96. The molecule has 1 aliphatic rings. The van der Waals surface area contributed by atoms with E-state index in [4.69, 9.17) is 0 Å². The van der Waals surface area contributed by atoms with Crippen molar-refractivity contribution in [3.63, 3.8) is 0 Å². The lowest BCUT2D eigenvalue weighted by molar-refractivity contribution is -0.384. The number of nitro groups is 1. The molecule has 6 nitrogen and oxygen atoms in total. The summed E-state index contributed by atoms with van der Waals surface area (Å²) in [6.45, 7) is 9.07. The Balaban J connectivity index is 2.28. The Labute approximate surface area is 125 Å². The second-order valence-corrected chi connectivity index (χ2v) is 6.10. The van der Waals surface area contributed by atoms with Crippen LogP contribution in [-0.4, -0.2) is 29.5 Å². The van der Waals surface area contributed by atoms with Gasteiger partial charge in [0.05, 0.1) is 17.1 Å². The first-order valence-corrected chi connectivity index (χ1v) is 7.65. The molecule has 21 heavy (non-hydrogen) atoms. The van der Waals surface area contributed by atoms with E-state index >= 15 is 0 Å². The maximum atomic E-state index is 11.1. The number of nitrogens with one attached hydrogen (secondary N) is 1. The molecule has 1 aromatic rings. The van der Waals surface area contributed by atoms with Crippen molar-refractivity contribution in [2.24, 2.45) is 11.8 Å². The molecule has 2 rings (SSSR count). The Morgan fingerprint density at radius 2 is 2.05 bits per heavy atom. The van der Waals surface area contributed by atoms with Crippen LogP contribution in [0.15, 0.2) is 12.1 Å². The Morgan fingerprint density at radius 3 is 2.62 bits per heavy atom. The summed E-state index contributed by atoms with van der Waals surface area (Å²) in [6, 6.07) is 3.10. The van der Waals surface area contributed by atoms with Gasteiger partial charge in [0.15, 0.2) is 0 Å². The van der Waals surface area contributed by atoms with Crippen LogP contribution in [0.1, 0.15) is 33.6 Å². The first-order valence-electron chi connectivity index (χ1n) is 7.65. The molecule has 2 heterocycles. The summed E-state index contributed by atoms with van der Waals surface area (Å²) >= 11 is 0. The molecule has 0 aliphatic carbocycles. The zero-order valence-corrected chi connectivity index (χ0v) is 13.0. The number of piperidine rings is 1. The van der Waals surface area contributed by atoms with E-state index < -0.39 is 0 Å². The highest BCUT2D eigenvalue weighted by atomic mass is 16.6. The second-order valence-electron chi connectivity index (χ2n) is 6.10. The van der Waals surface area contributed by atoms with Gasteiger partial charge in [0.1, 0.15) is 11.6 Å². The van der Waals surface area contributed by atoms with Gasteiger partial charge in [-0.2, -0.15) is 0 Å². The van der Waals surface area contributed by atoms with E-state index in [1.807, 2.05) is 0 Å². The maximum Gasteiger partial charge on any atom is 0.276 e. The highest BCUT2D eigenvalue weighted by Crippen LogP contribution is 2.29. The van der Waals surface area contributed by atoms with Gasteiger partial charge in [0.2, 0.25) is 0 Å². The number of hydrogen-bond donors (Lipinski definition) is 1. The summed E-state index contributed by atoms with van der Waals surface area (Å²) in [4.78, 5) is 17.5. The monoisotopic (exact) mass is 292 g/mol. The smallest absolute Gasteiger partial charge is 0.276 e. The molecule has 2 atom stereocenters. The average Bonchev–Trinajstić information content (AvgIpc) is 2.43. The van der Waals surface area contributed by atoms with E-state index in [1.54, 1.807) is 6.07 Å². The van der Waals surface area contributed by atoms with Crippen LogP contribution in [0.5, 0.6) is 0 Å². The van der Waals surface area contributed by atoms with Gasteiger partial charge in [-0.15, -0.1) is 0 Å². The molecule has 1 aromatic heterocycles. The third-order valence-electron chi connectivity index (χ3n) is 3.76. The van der Waals surface area contributed by atoms with Crippen molar-refractivity contribution in [3.05, 3.63) is 22.2 Å². The fraction of sp³-hybridized carbons (Fsp3) is 0.667. The molecule has 6 heteroatoms. The minimum Gasteiger partial charge on any atom is -0.370 e. The highest BCUT2D eigenvalue weighted by Gasteiger charge is 2.24. The van der Waals surface area contributed by atoms with Gasteiger partial charge >= 0.3 is 0 Å². The lowest BCUT2D eigenvalue weighted by Gasteiger charge is -2.35. The predicted octanol–water partition coefficient (Wildman–Crippen LogP) is 3.29. The normalized spacial score (nSPS) is 22.1. The van der Waals surface area contributed by atoms with Crippen LogP contribution in [0.4, 0.5) is 17.3 Å². The van der Waals surface area contributed by atoms with Crippen molar-refractivity contribution in [1.82, 2.24) is 4.98 Å². The molecule has 1 N–H and O–H groups in total. The van der Waals surface area contributed by atoms with Crippen LogP contribution >= 0.6 is 0 Å². The maximum absolute atomic E-state index is 11.1. The summed E-state index contributed by atoms with van der Waals surface area (Å²) in [5.74, 6) is 2.47. The quantitative estimate of drug-likeness (QED) is 0.666. The molecule has 0 bridgehead atoms. The van der Waals surface area contributed by atoms with Crippen molar-refractivity contribution in [2.75, 3.05) is 29.9 Å². The molecule has 0 spiro atoms. The molecule has 0 amide bonds. The largest absolute Gasteiger partial charge is 0.370 e. The lowest BCUT2D eigenvalue weighted by Crippen LogP contribution is -2.39. The topological polar surface area (TPSA) is 71.3 Å². The summed E-state index contributed by atoms with van der Waals surface area (Å²) in [5, 5.41) is 14.3. The number of hydrogen-bond acceptors (Lipinski definition) is 5. The molecule has 1 saturated heterocycles. The van der Waals surface area contributed by atoms with Crippen molar-refractivity contribution >= 4 is 17.3 Å². The van der Waals surface area contributed by atoms with Crippen LogP contribution in [0.2, 0.25) is 0 Å². The van der Waals surface area contributed by atoms with Crippen LogP contribution in [0, 0.1) is 22.0 Å². The van der Waals surface area contributed by atoms with Crippen LogP contribution < -0.4 is 10.2 Å². The Hall–Kier alpha value is -1.85. The first kappa shape index (κ1) is 15.5. The first-order chi connectivity index (χ1) is 9.99. The molecule has 1 aliphatic heterocycles. The highest BCUT2D eigenvalue weighted by molar-refractivity contribution is 5.56. The molecule has 2 unspecified atom stereocenters. The van der Waals surface area contributed by atoms with E-state index in [9.17, 15) is 10.1 Å². The number of rotatable bonds is 5. The van der Waals surface area contributed by atoms with E-state index in [0.717, 1.165) is 26.1 Å².